The molecule has 0 aromatic heterocycles. The van der Waals surface area contributed by atoms with Gasteiger partial charge in [0.2, 0.25) is 0 Å². The van der Waals surface area contributed by atoms with Gasteiger partial charge in [0.15, 0.2) is 0 Å². The fourth-order valence-corrected chi connectivity index (χ4v) is 1.73. The number of nitrogens with one attached hydrogen (secondary N) is 1. The highest BCUT2D eigenvalue weighted by Gasteiger charge is 2.21. The van der Waals surface area contributed by atoms with Crippen molar-refractivity contribution in [1.82, 2.24) is 0 Å². The molecule has 0 fully saturated rings. The summed E-state index contributed by atoms with van der Waals surface area (Å²) in [5.74, 6) is -0.316. The molecule has 0 atom stereocenters. The van der Waals surface area contributed by atoms with Crippen LogP contribution in [0.1, 0.15) is 26.7 Å². The van der Waals surface area contributed by atoms with E-state index < -0.39 is 5.60 Å². The molecule has 4 heteroatoms. The smallest absolute Gasteiger partial charge is 0.147 e. The summed E-state index contributed by atoms with van der Waals surface area (Å²) in [6.07, 6.45) is 1.29. The van der Waals surface area contributed by atoms with Crippen LogP contribution in [0.15, 0.2) is 22.7 Å². The van der Waals surface area contributed by atoms with E-state index in [1.54, 1.807) is 12.1 Å². The summed E-state index contributed by atoms with van der Waals surface area (Å²) in [6.45, 7) is 4.20. The van der Waals surface area contributed by atoms with Gasteiger partial charge < -0.3 is 10.4 Å². The molecule has 0 saturated heterocycles. The molecule has 0 spiro atoms. The van der Waals surface area contributed by atoms with Gasteiger partial charge in [-0.2, -0.15) is 0 Å². The number of benzene rings is 1. The Morgan fingerprint density at radius 3 is 2.50 bits per heavy atom. The third-order valence-electron chi connectivity index (χ3n) is 2.86. The summed E-state index contributed by atoms with van der Waals surface area (Å²) in [4.78, 5) is 0. The third kappa shape index (κ3) is 3.46. The molecule has 16 heavy (non-hydrogen) atoms. The first-order chi connectivity index (χ1) is 7.50. The van der Waals surface area contributed by atoms with Gasteiger partial charge in [0, 0.05) is 11.0 Å². The molecule has 0 aliphatic carbocycles. The Labute approximate surface area is 104 Å². The zero-order valence-corrected chi connectivity index (χ0v) is 11.1. The van der Waals surface area contributed by atoms with Crippen LogP contribution in [-0.4, -0.2) is 17.3 Å². The van der Waals surface area contributed by atoms with Crippen LogP contribution in [0.2, 0.25) is 0 Å². The van der Waals surface area contributed by atoms with Crippen LogP contribution in [0, 0.1) is 5.82 Å². The van der Waals surface area contributed by atoms with Gasteiger partial charge in [0.1, 0.15) is 5.82 Å². The Morgan fingerprint density at radius 1 is 1.38 bits per heavy atom. The highest BCUT2D eigenvalue weighted by Crippen LogP contribution is 2.21. The molecular weight excluding hydrogens is 273 g/mol. The molecule has 0 heterocycles. The van der Waals surface area contributed by atoms with Gasteiger partial charge in [-0.05, 0) is 31.0 Å². The van der Waals surface area contributed by atoms with Crippen LogP contribution < -0.4 is 5.32 Å². The normalized spacial score (nSPS) is 11.6. The maximum absolute atomic E-state index is 13.5. The van der Waals surface area contributed by atoms with E-state index in [0.717, 1.165) is 0 Å². The molecule has 0 amide bonds. The second-order valence-corrected chi connectivity index (χ2v) is 4.82. The average Bonchev–Trinajstić information content (AvgIpc) is 2.27. The Morgan fingerprint density at radius 2 is 2.00 bits per heavy atom. The summed E-state index contributed by atoms with van der Waals surface area (Å²) in [5.41, 5.74) is -0.344. The zero-order chi connectivity index (χ0) is 12.2. The fourth-order valence-electron chi connectivity index (χ4n) is 1.39. The van der Waals surface area contributed by atoms with Crippen molar-refractivity contribution in [3.8, 4) is 0 Å². The molecule has 0 radical (unpaired) electrons. The van der Waals surface area contributed by atoms with Crippen LogP contribution in [-0.2, 0) is 0 Å². The molecule has 0 aliphatic heterocycles. The molecule has 0 saturated carbocycles. The summed E-state index contributed by atoms with van der Waals surface area (Å²) in [6, 6.07) is 4.83. The predicted molar refractivity (Wildman–Crippen MR) is 68.1 cm³/mol. The van der Waals surface area contributed by atoms with Gasteiger partial charge in [-0.3, -0.25) is 0 Å². The van der Waals surface area contributed by atoms with Gasteiger partial charge in [-0.25, -0.2) is 4.39 Å². The summed E-state index contributed by atoms with van der Waals surface area (Å²) >= 11 is 3.20. The second kappa shape index (κ2) is 5.64. The second-order valence-electron chi connectivity index (χ2n) is 3.91. The van der Waals surface area contributed by atoms with Gasteiger partial charge in [0.25, 0.3) is 0 Å². The standard InChI is InChI=1S/C12H17BrFNO/c1-3-12(16,4-2)8-15-11-6-5-9(13)7-10(11)14/h5-7,15-16H,3-4,8H2,1-2H3. The highest BCUT2D eigenvalue weighted by atomic mass is 79.9. The molecule has 0 unspecified atom stereocenters. The third-order valence-corrected chi connectivity index (χ3v) is 3.35. The van der Waals surface area contributed by atoms with Crippen LogP contribution in [0.3, 0.4) is 0 Å². The molecular formula is C12H17BrFNO. The SMILES string of the molecule is CCC(O)(CC)CNc1ccc(Br)cc1F. The van der Waals surface area contributed by atoms with E-state index in [-0.39, 0.29) is 5.82 Å². The Hall–Kier alpha value is -0.610. The minimum atomic E-state index is -0.764. The van der Waals surface area contributed by atoms with Crippen molar-refractivity contribution in [2.45, 2.75) is 32.3 Å². The number of aliphatic hydroxyl groups is 1. The van der Waals surface area contributed by atoms with Crippen molar-refractivity contribution >= 4 is 21.6 Å². The van der Waals surface area contributed by atoms with E-state index in [1.165, 1.54) is 6.07 Å². The summed E-state index contributed by atoms with van der Waals surface area (Å²) in [7, 11) is 0. The van der Waals surface area contributed by atoms with Crippen molar-refractivity contribution in [1.29, 1.82) is 0 Å². The van der Waals surface area contributed by atoms with E-state index in [4.69, 9.17) is 0 Å². The first kappa shape index (κ1) is 13.5. The molecule has 90 valence electrons. The van der Waals surface area contributed by atoms with Crippen molar-refractivity contribution in [2.75, 3.05) is 11.9 Å². The molecule has 1 rings (SSSR count). The molecule has 1 aromatic rings. The van der Waals surface area contributed by atoms with Crippen molar-refractivity contribution in [2.24, 2.45) is 0 Å². The number of halogens is 2. The van der Waals surface area contributed by atoms with E-state index in [2.05, 4.69) is 21.2 Å². The van der Waals surface area contributed by atoms with Crippen LogP contribution >= 0.6 is 15.9 Å². The summed E-state index contributed by atoms with van der Waals surface area (Å²) < 4.78 is 14.2. The van der Waals surface area contributed by atoms with Gasteiger partial charge in [0.05, 0.1) is 11.3 Å². The summed E-state index contributed by atoms with van der Waals surface area (Å²) in [5, 5.41) is 13.0. The van der Waals surface area contributed by atoms with Crippen LogP contribution in [0.4, 0.5) is 10.1 Å². The molecule has 2 nitrogen and oxygen atoms in total. The minimum Gasteiger partial charge on any atom is -0.388 e. The average molecular weight is 290 g/mol. The van der Waals surface area contributed by atoms with Crippen LogP contribution in [0.5, 0.6) is 0 Å². The number of hydrogen-bond donors (Lipinski definition) is 2. The maximum atomic E-state index is 13.5. The Kier molecular flexibility index (Phi) is 4.74. The van der Waals surface area contributed by atoms with E-state index >= 15 is 0 Å². The van der Waals surface area contributed by atoms with Crippen LogP contribution in [0.25, 0.3) is 0 Å². The Bertz CT molecular complexity index is 353. The van der Waals surface area contributed by atoms with Crippen molar-refractivity contribution in [3.63, 3.8) is 0 Å². The minimum absolute atomic E-state index is 0.316. The first-order valence-electron chi connectivity index (χ1n) is 5.42. The van der Waals surface area contributed by atoms with Gasteiger partial charge in [-0.1, -0.05) is 29.8 Å². The lowest BCUT2D eigenvalue weighted by Gasteiger charge is -2.26. The van der Waals surface area contributed by atoms with Crippen molar-refractivity contribution < 1.29 is 9.50 Å². The van der Waals surface area contributed by atoms with E-state index in [9.17, 15) is 9.50 Å². The Balaban J connectivity index is 2.67. The first-order valence-corrected chi connectivity index (χ1v) is 6.21. The molecule has 0 aliphatic rings. The lowest BCUT2D eigenvalue weighted by molar-refractivity contribution is 0.0456. The lowest BCUT2D eigenvalue weighted by Crippen LogP contribution is -2.35. The maximum Gasteiger partial charge on any atom is 0.147 e. The lowest BCUT2D eigenvalue weighted by atomic mass is 9.97. The number of rotatable bonds is 5. The van der Waals surface area contributed by atoms with Gasteiger partial charge in [-0.15, -0.1) is 0 Å². The highest BCUT2D eigenvalue weighted by molar-refractivity contribution is 9.10. The largest absolute Gasteiger partial charge is 0.388 e. The van der Waals surface area contributed by atoms with E-state index in [0.29, 0.717) is 29.5 Å². The molecule has 1 aromatic carbocycles. The number of hydrogen-bond acceptors (Lipinski definition) is 2. The van der Waals surface area contributed by atoms with E-state index in [1.807, 2.05) is 13.8 Å². The van der Waals surface area contributed by atoms with Crippen molar-refractivity contribution in [3.05, 3.63) is 28.5 Å². The predicted octanol–water partition coefficient (Wildman–Crippen LogP) is 3.55. The topological polar surface area (TPSA) is 32.3 Å². The monoisotopic (exact) mass is 289 g/mol. The molecule has 2 N–H and O–H groups in total. The fraction of sp³-hybridized carbons (Fsp3) is 0.500. The zero-order valence-electron chi connectivity index (χ0n) is 9.56. The number of anilines is 1. The van der Waals surface area contributed by atoms with Gasteiger partial charge >= 0.3 is 0 Å². The molecule has 0 bridgehead atoms. The quantitative estimate of drug-likeness (QED) is 0.869.